The highest BCUT2D eigenvalue weighted by molar-refractivity contribution is 5.85. The van der Waals surface area contributed by atoms with E-state index in [0.29, 0.717) is 6.54 Å². The lowest BCUT2D eigenvalue weighted by Crippen LogP contribution is -2.32. The third-order valence-electron chi connectivity index (χ3n) is 4.52. The zero-order valence-electron chi connectivity index (χ0n) is 13.4. The van der Waals surface area contributed by atoms with Gasteiger partial charge in [0.05, 0.1) is 0 Å². The first-order valence-corrected chi connectivity index (χ1v) is 7.90. The van der Waals surface area contributed by atoms with Gasteiger partial charge in [0.1, 0.15) is 0 Å². The van der Waals surface area contributed by atoms with Crippen molar-refractivity contribution in [3.8, 4) is 0 Å². The molecular formula is C19H26Cl2N2. The molecule has 0 bridgehead atoms. The molecule has 2 aromatic rings. The van der Waals surface area contributed by atoms with Crippen molar-refractivity contribution in [3.63, 3.8) is 0 Å². The second kappa shape index (κ2) is 9.94. The van der Waals surface area contributed by atoms with Crippen molar-refractivity contribution < 1.29 is 0 Å². The fourth-order valence-electron chi connectivity index (χ4n) is 3.19. The largest absolute Gasteiger partial charge is 0.326 e. The van der Waals surface area contributed by atoms with Crippen LogP contribution in [0, 0.1) is 0 Å². The zero-order chi connectivity index (χ0) is 14.5. The van der Waals surface area contributed by atoms with Gasteiger partial charge in [-0.2, -0.15) is 0 Å². The fourth-order valence-corrected chi connectivity index (χ4v) is 3.19. The molecule has 2 aromatic carbocycles. The van der Waals surface area contributed by atoms with Crippen molar-refractivity contribution >= 4 is 24.8 Å². The van der Waals surface area contributed by atoms with Gasteiger partial charge in [-0.05, 0) is 48.5 Å². The van der Waals surface area contributed by atoms with Gasteiger partial charge in [0.2, 0.25) is 0 Å². The summed E-state index contributed by atoms with van der Waals surface area (Å²) >= 11 is 0. The molecule has 2 N–H and O–H groups in total. The summed E-state index contributed by atoms with van der Waals surface area (Å²) in [5.41, 5.74) is 9.75. The standard InChI is InChI=1S/C19H24N2.2ClH/c20-14-16-6-8-17(9-7-16)15-21-12-10-19(11-13-21)18-4-2-1-3-5-18;;/h1-9,19H,10-15,20H2;2*1H. The van der Waals surface area contributed by atoms with Crippen LogP contribution in [-0.4, -0.2) is 18.0 Å². The Bertz CT molecular complexity index is 549. The van der Waals surface area contributed by atoms with Crippen molar-refractivity contribution in [2.45, 2.75) is 31.8 Å². The second-order valence-corrected chi connectivity index (χ2v) is 5.98. The molecule has 1 aliphatic rings. The molecule has 0 aromatic heterocycles. The Morgan fingerprint density at radius 3 is 1.96 bits per heavy atom. The molecule has 1 aliphatic heterocycles. The molecule has 2 nitrogen and oxygen atoms in total. The maximum absolute atomic E-state index is 5.64. The third-order valence-corrected chi connectivity index (χ3v) is 4.52. The van der Waals surface area contributed by atoms with Crippen LogP contribution in [0.25, 0.3) is 0 Å². The Hall–Kier alpha value is -1.06. The van der Waals surface area contributed by atoms with Crippen LogP contribution >= 0.6 is 24.8 Å². The number of halogens is 2. The van der Waals surface area contributed by atoms with Crippen molar-refractivity contribution in [1.82, 2.24) is 4.90 Å². The Labute approximate surface area is 151 Å². The SMILES string of the molecule is Cl.Cl.NCc1ccc(CN2CCC(c3ccccc3)CC2)cc1. The summed E-state index contributed by atoms with van der Waals surface area (Å²) in [6.45, 7) is 4.07. The summed E-state index contributed by atoms with van der Waals surface area (Å²) in [6.07, 6.45) is 2.54. The summed E-state index contributed by atoms with van der Waals surface area (Å²) in [7, 11) is 0. The van der Waals surface area contributed by atoms with E-state index in [0.717, 1.165) is 12.5 Å². The molecule has 1 heterocycles. The molecule has 0 spiro atoms. The summed E-state index contributed by atoms with van der Waals surface area (Å²) in [6, 6.07) is 19.7. The van der Waals surface area contributed by atoms with Gasteiger partial charge in [-0.1, -0.05) is 54.6 Å². The van der Waals surface area contributed by atoms with Crippen LogP contribution < -0.4 is 5.73 Å². The quantitative estimate of drug-likeness (QED) is 0.884. The molecule has 1 fully saturated rings. The third kappa shape index (κ3) is 5.50. The summed E-state index contributed by atoms with van der Waals surface area (Å²) in [5, 5.41) is 0. The van der Waals surface area contributed by atoms with E-state index in [1.165, 1.54) is 42.6 Å². The molecule has 3 rings (SSSR count). The molecular weight excluding hydrogens is 327 g/mol. The highest BCUT2D eigenvalue weighted by Crippen LogP contribution is 2.28. The van der Waals surface area contributed by atoms with Gasteiger partial charge >= 0.3 is 0 Å². The van der Waals surface area contributed by atoms with Crippen LogP contribution in [0.1, 0.15) is 35.4 Å². The van der Waals surface area contributed by atoms with E-state index in [2.05, 4.69) is 59.5 Å². The maximum atomic E-state index is 5.64. The lowest BCUT2D eigenvalue weighted by Gasteiger charge is -2.32. The van der Waals surface area contributed by atoms with E-state index in [1.807, 2.05) is 0 Å². The molecule has 0 aliphatic carbocycles. The molecule has 0 unspecified atom stereocenters. The molecule has 0 atom stereocenters. The Morgan fingerprint density at radius 2 is 1.39 bits per heavy atom. The Balaban J connectivity index is 0.00000132. The smallest absolute Gasteiger partial charge is 0.0233 e. The van der Waals surface area contributed by atoms with Gasteiger partial charge in [-0.3, -0.25) is 4.90 Å². The average Bonchev–Trinajstić information content (AvgIpc) is 2.57. The number of nitrogens with zero attached hydrogens (tertiary/aromatic N) is 1. The number of rotatable bonds is 4. The predicted octanol–water partition coefficient (Wildman–Crippen LogP) is 4.37. The zero-order valence-corrected chi connectivity index (χ0v) is 15.0. The number of piperidine rings is 1. The van der Waals surface area contributed by atoms with Crippen molar-refractivity contribution in [2.24, 2.45) is 5.73 Å². The van der Waals surface area contributed by atoms with E-state index < -0.39 is 0 Å². The van der Waals surface area contributed by atoms with Gasteiger partial charge in [-0.15, -0.1) is 24.8 Å². The van der Waals surface area contributed by atoms with Crippen molar-refractivity contribution in [2.75, 3.05) is 13.1 Å². The first kappa shape index (κ1) is 20.0. The fraction of sp³-hybridized carbons (Fsp3) is 0.368. The highest BCUT2D eigenvalue weighted by atomic mass is 35.5. The minimum atomic E-state index is 0. The second-order valence-electron chi connectivity index (χ2n) is 5.98. The molecule has 4 heteroatoms. The van der Waals surface area contributed by atoms with E-state index in [4.69, 9.17) is 5.73 Å². The number of benzene rings is 2. The van der Waals surface area contributed by atoms with Crippen LogP contribution in [0.2, 0.25) is 0 Å². The van der Waals surface area contributed by atoms with Gasteiger partial charge < -0.3 is 5.73 Å². The summed E-state index contributed by atoms with van der Waals surface area (Å²) in [4.78, 5) is 2.57. The minimum Gasteiger partial charge on any atom is -0.326 e. The number of hydrogen-bond donors (Lipinski definition) is 1. The van der Waals surface area contributed by atoms with E-state index in [-0.39, 0.29) is 24.8 Å². The summed E-state index contributed by atoms with van der Waals surface area (Å²) < 4.78 is 0. The number of likely N-dealkylation sites (tertiary alicyclic amines) is 1. The van der Waals surface area contributed by atoms with Crippen LogP contribution in [0.15, 0.2) is 54.6 Å². The van der Waals surface area contributed by atoms with Crippen LogP contribution in [0.4, 0.5) is 0 Å². The van der Waals surface area contributed by atoms with Crippen LogP contribution in [0.5, 0.6) is 0 Å². The highest BCUT2D eigenvalue weighted by Gasteiger charge is 2.20. The lowest BCUT2D eigenvalue weighted by atomic mass is 9.89. The maximum Gasteiger partial charge on any atom is 0.0233 e. The lowest BCUT2D eigenvalue weighted by molar-refractivity contribution is 0.204. The molecule has 23 heavy (non-hydrogen) atoms. The van der Waals surface area contributed by atoms with Crippen LogP contribution in [-0.2, 0) is 13.1 Å². The average molecular weight is 353 g/mol. The van der Waals surface area contributed by atoms with Gasteiger partial charge in [0, 0.05) is 13.1 Å². The van der Waals surface area contributed by atoms with Gasteiger partial charge in [0.15, 0.2) is 0 Å². The number of hydrogen-bond acceptors (Lipinski definition) is 2. The Kier molecular flexibility index (Phi) is 8.64. The predicted molar refractivity (Wildman–Crippen MR) is 103 cm³/mol. The molecule has 0 radical (unpaired) electrons. The summed E-state index contributed by atoms with van der Waals surface area (Å²) in [5.74, 6) is 0.738. The van der Waals surface area contributed by atoms with Gasteiger partial charge in [0.25, 0.3) is 0 Å². The molecule has 0 saturated carbocycles. The first-order chi connectivity index (χ1) is 10.3. The Morgan fingerprint density at radius 1 is 0.826 bits per heavy atom. The molecule has 0 amide bonds. The van der Waals surface area contributed by atoms with E-state index >= 15 is 0 Å². The van der Waals surface area contributed by atoms with E-state index in [1.54, 1.807) is 0 Å². The monoisotopic (exact) mass is 352 g/mol. The van der Waals surface area contributed by atoms with Crippen LogP contribution in [0.3, 0.4) is 0 Å². The molecule has 1 saturated heterocycles. The normalized spacial score (nSPS) is 15.5. The topological polar surface area (TPSA) is 29.3 Å². The minimum absolute atomic E-state index is 0. The van der Waals surface area contributed by atoms with Crippen molar-refractivity contribution in [3.05, 3.63) is 71.3 Å². The number of nitrogens with two attached hydrogens (primary N) is 1. The first-order valence-electron chi connectivity index (χ1n) is 7.90. The van der Waals surface area contributed by atoms with Crippen molar-refractivity contribution in [1.29, 1.82) is 0 Å². The van der Waals surface area contributed by atoms with Gasteiger partial charge in [-0.25, -0.2) is 0 Å². The molecule has 126 valence electrons. The van der Waals surface area contributed by atoms with E-state index in [9.17, 15) is 0 Å².